The van der Waals surface area contributed by atoms with E-state index < -0.39 is 0 Å². The highest BCUT2D eigenvalue weighted by Crippen LogP contribution is 2.20. The second-order valence-electron chi connectivity index (χ2n) is 3.61. The first-order chi connectivity index (χ1) is 6.13. The molecule has 0 saturated carbocycles. The van der Waals surface area contributed by atoms with Crippen LogP contribution >= 0.6 is 11.6 Å². The van der Waals surface area contributed by atoms with E-state index in [4.69, 9.17) is 16.3 Å². The lowest BCUT2D eigenvalue weighted by molar-refractivity contribution is -0.151. The molecule has 13 heavy (non-hydrogen) atoms. The highest BCUT2D eigenvalue weighted by atomic mass is 35.5. The number of nitrogens with zero attached hydrogens (tertiary/aromatic N) is 1. The number of hydrogen-bond acceptors (Lipinski definition) is 3. The molecule has 1 aliphatic heterocycles. The average molecular weight is 206 g/mol. The summed E-state index contributed by atoms with van der Waals surface area (Å²) in [4.78, 5) is 13.0. The van der Waals surface area contributed by atoms with Crippen molar-refractivity contribution in [3.63, 3.8) is 0 Å². The molecule has 3 nitrogen and oxygen atoms in total. The van der Waals surface area contributed by atoms with Gasteiger partial charge in [0, 0.05) is 31.8 Å². The van der Waals surface area contributed by atoms with Crippen LogP contribution in [0.4, 0.5) is 0 Å². The molecule has 0 aromatic rings. The first kappa shape index (κ1) is 10.8. The summed E-state index contributed by atoms with van der Waals surface area (Å²) in [5.41, 5.74) is 0. The van der Waals surface area contributed by atoms with E-state index in [1.54, 1.807) is 0 Å². The van der Waals surface area contributed by atoms with Gasteiger partial charge in [0.15, 0.2) is 0 Å². The zero-order chi connectivity index (χ0) is 9.84. The van der Waals surface area contributed by atoms with Crippen molar-refractivity contribution in [3.05, 3.63) is 0 Å². The van der Waals surface area contributed by atoms with Gasteiger partial charge in [0.1, 0.15) is 6.10 Å². The van der Waals surface area contributed by atoms with Gasteiger partial charge in [-0.1, -0.05) is 0 Å². The number of rotatable bonds is 2. The normalized spacial score (nSPS) is 30.1. The van der Waals surface area contributed by atoms with E-state index in [0.29, 0.717) is 5.88 Å². The van der Waals surface area contributed by atoms with Crippen molar-refractivity contribution in [2.24, 2.45) is 5.92 Å². The van der Waals surface area contributed by atoms with E-state index in [2.05, 4.69) is 11.9 Å². The van der Waals surface area contributed by atoms with E-state index in [0.717, 1.165) is 19.5 Å². The highest BCUT2D eigenvalue weighted by molar-refractivity contribution is 6.18. The van der Waals surface area contributed by atoms with Gasteiger partial charge in [-0.2, -0.15) is 0 Å². The zero-order valence-corrected chi connectivity index (χ0v) is 8.88. The van der Waals surface area contributed by atoms with E-state index in [-0.39, 0.29) is 18.0 Å². The Bertz CT molecular complexity index is 186. The molecule has 2 atom stereocenters. The number of hydrogen-bond donors (Lipinski definition) is 0. The quantitative estimate of drug-likeness (QED) is 0.500. The highest BCUT2D eigenvalue weighted by Gasteiger charge is 2.29. The van der Waals surface area contributed by atoms with E-state index in [1.807, 2.05) is 0 Å². The largest absolute Gasteiger partial charge is 0.462 e. The number of alkyl halides is 1. The molecule has 0 aromatic carbocycles. The number of ether oxygens (including phenoxy) is 1. The number of halogens is 1. The molecule has 1 heterocycles. The van der Waals surface area contributed by atoms with Gasteiger partial charge in [-0.25, -0.2) is 0 Å². The molecule has 0 aliphatic carbocycles. The monoisotopic (exact) mass is 205 g/mol. The third kappa shape index (κ3) is 3.16. The Hall–Kier alpha value is -0.280. The van der Waals surface area contributed by atoms with Crippen molar-refractivity contribution >= 4 is 17.6 Å². The van der Waals surface area contributed by atoms with Gasteiger partial charge in [-0.3, -0.25) is 4.79 Å². The Morgan fingerprint density at radius 1 is 1.69 bits per heavy atom. The van der Waals surface area contributed by atoms with Crippen LogP contribution in [0.3, 0.4) is 0 Å². The lowest BCUT2D eigenvalue weighted by atomic mass is 9.97. The van der Waals surface area contributed by atoms with Crippen molar-refractivity contribution in [2.75, 3.05) is 26.0 Å². The average Bonchev–Trinajstić information content (AvgIpc) is 2.07. The molecule has 0 bridgehead atoms. The molecule has 0 aromatic heterocycles. The van der Waals surface area contributed by atoms with Crippen LogP contribution < -0.4 is 0 Å². The number of carbonyl (C=O) groups excluding carboxylic acids is 1. The van der Waals surface area contributed by atoms with Crippen LogP contribution in [0.15, 0.2) is 0 Å². The predicted molar refractivity (Wildman–Crippen MR) is 51.9 cm³/mol. The summed E-state index contributed by atoms with van der Waals surface area (Å²) in [6, 6.07) is 0. The van der Waals surface area contributed by atoms with Gasteiger partial charge in [0.2, 0.25) is 0 Å². The van der Waals surface area contributed by atoms with Crippen LogP contribution in [0.5, 0.6) is 0 Å². The van der Waals surface area contributed by atoms with Gasteiger partial charge in [-0.15, -0.1) is 11.6 Å². The van der Waals surface area contributed by atoms with Crippen molar-refractivity contribution in [3.8, 4) is 0 Å². The maximum Gasteiger partial charge on any atom is 0.302 e. The van der Waals surface area contributed by atoms with Crippen LogP contribution in [0, 0.1) is 5.92 Å². The first-order valence-electron chi connectivity index (χ1n) is 4.55. The summed E-state index contributed by atoms with van der Waals surface area (Å²) in [5.74, 6) is 0.636. The van der Waals surface area contributed by atoms with Gasteiger partial charge < -0.3 is 9.64 Å². The maximum atomic E-state index is 10.8. The molecule has 0 spiro atoms. The molecule has 1 saturated heterocycles. The predicted octanol–water partition coefficient (Wildman–Crippen LogP) is 1.11. The van der Waals surface area contributed by atoms with Crippen LogP contribution in [-0.2, 0) is 9.53 Å². The molecular formula is C9H16ClNO2. The van der Waals surface area contributed by atoms with Gasteiger partial charge in [-0.05, 0) is 13.5 Å². The minimum absolute atomic E-state index is 0.0196. The molecule has 4 heteroatoms. The van der Waals surface area contributed by atoms with Crippen molar-refractivity contribution in [1.29, 1.82) is 0 Å². The zero-order valence-electron chi connectivity index (χ0n) is 8.12. The second-order valence-corrected chi connectivity index (χ2v) is 3.92. The third-order valence-corrected chi connectivity index (χ3v) is 2.78. The second kappa shape index (κ2) is 4.82. The van der Waals surface area contributed by atoms with Crippen molar-refractivity contribution in [2.45, 2.75) is 19.4 Å². The molecule has 76 valence electrons. The number of likely N-dealkylation sites (tertiary alicyclic amines) is 1. The lowest BCUT2D eigenvalue weighted by Crippen LogP contribution is -2.43. The Kier molecular flexibility index (Phi) is 4.00. The van der Waals surface area contributed by atoms with Crippen LogP contribution in [0.25, 0.3) is 0 Å². The molecule has 0 amide bonds. The Morgan fingerprint density at radius 3 is 2.92 bits per heavy atom. The number of esters is 1. The summed E-state index contributed by atoms with van der Waals surface area (Å²) in [6.07, 6.45) is 0.916. The topological polar surface area (TPSA) is 29.5 Å². The fourth-order valence-corrected chi connectivity index (χ4v) is 2.01. The Morgan fingerprint density at radius 2 is 2.38 bits per heavy atom. The van der Waals surface area contributed by atoms with Crippen molar-refractivity contribution < 1.29 is 9.53 Å². The molecule has 1 aliphatic rings. The fourth-order valence-electron chi connectivity index (χ4n) is 1.71. The summed E-state index contributed by atoms with van der Waals surface area (Å²) in [5, 5.41) is 0. The first-order valence-corrected chi connectivity index (χ1v) is 5.08. The minimum atomic E-state index is -0.204. The summed E-state index contributed by atoms with van der Waals surface area (Å²) in [7, 11) is 2.06. The molecular weight excluding hydrogens is 190 g/mol. The van der Waals surface area contributed by atoms with Crippen LogP contribution in [-0.4, -0.2) is 43.0 Å². The Balaban J connectivity index is 2.47. The van der Waals surface area contributed by atoms with E-state index in [9.17, 15) is 4.79 Å². The number of piperidine rings is 1. The molecule has 2 unspecified atom stereocenters. The summed E-state index contributed by atoms with van der Waals surface area (Å²) in [6.45, 7) is 3.34. The number of carbonyl (C=O) groups is 1. The van der Waals surface area contributed by atoms with E-state index in [1.165, 1.54) is 6.92 Å². The van der Waals surface area contributed by atoms with Crippen molar-refractivity contribution in [1.82, 2.24) is 4.90 Å². The van der Waals surface area contributed by atoms with Gasteiger partial charge in [0.25, 0.3) is 0 Å². The summed E-state index contributed by atoms with van der Waals surface area (Å²) < 4.78 is 5.19. The Labute approximate surface area is 84.0 Å². The van der Waals surface area contributed by atoms with Gasteiger partial charge in [0.05, 0.1) is 0 Å². The maximum absolute atomic E-state index is 10.8. The molecule has 1 rings (SSSR count). The van der Waals surface area contributed by atoms with Gasteiger partial charge >= 0.3 is 5.97 Å². The minimum Gasteiger partial charge on any atom is -0.462 e. The summed E-state index contributed by atoms with van der Waals surface area (Å²) >= 11 is 5.81. The molecule has 1 fully saturated rings. The fraction of sp³-hybridized carbons (Fsp3) is 0.889. The third-order valence-electron chi connectivity index (χ3n) is 2.38. The van der Waals surface area contributed by atoms with Crippen LogP contribution in [0.2, 0.25) is 0 Å². The van der Waals surface area contributed by atoms with Crippen LogP contribution in [0.1, 0.15) is 13.3 Å². The smallest absolute Gasteiger partial charge is 0.302 e. The lowest BCUT2D eigenvalue weighted by Gasteiger charge is -2.34. The SMILES string of the molecule is CC(=O)OC1CCN(C)CC1CCl. The molecule has 0 radical (unpaired) electrons. The molecule has 0 N–H and O–H groups in total. The van der Waals surface area contributed by atoms with E-state index >= 15 is 0 Å². The standard InChI is InChI=1S/C9H16ClNO2/c1-7(12)13-9-3-4-11(2)6-8(9)5-10/h8-9H,3-6H2,1-2H3.